The molecule has 0 fully saturated rings. The van der Waals surface area contributed by atoms with Gasteiger partial charge >= 0.3 is 17.9 Å². The van der Waals surface area contributed by atoms with Crippen molar-refractivity contribution in [3.63, 3.8) is 0 Å². The smallest absolute Gasteiger partial charge is 0.330 e. The Bertz CT molecular complexity index is 665. The maximum atomic E-state index is 11.6. The maximum Gasteiger partial charge on any atom is 0.330 e. The van der Waals surface area contributed by atoms with E-state index in [1.165, 1.54) is 0 Å². The summed E-state index contributed by atoms with van der Waals surface area (Å²) in [7, 11) is 0. The number of hydrogen-bond acceptors (Lipinski definition) is 5. The standard InChI is InChI=1S/C24H36INO5/c1-2-3-4-5-8-11-14-19-25-20-15-12-9-6-7-10-13-16-23(29)31-24(30)21(26)17-18-22(27)28/h3-4,6-8,11-12,15,19,21H,2,5,9-10,13-14,16-18,20,26H2,1H3,(H,27,28)/b4-3-,7-6-,11-8-,15-12-. The molecule has 0 saturated heterocycles. The predicted octanol–water partition coefficient (Wildman–Crippen LogP) is 5.00. The number of halogens is 1. The van der Waals surface area contributed by atoms with E-state index in [9.17, 15) is 14.4 Å². The molecule has 174 valence electrons. The summed E-state index contributed by atoms with van der Waals surface area (Å²) in [4.78, 5) is 33.6. The zero-order valence-corrected chi connectivity index (χ0v) is 20.5. The van der Waals surface area contributed by atoms with Crippen LogP contribution in [0.2, 0.25) is 0 Å². The van der Waals surface area contributed by atoms with Crippen molar-refractivity contribution in [1.82, 2.24) is 0 Å². The quantitative estimate of drug-likeness (QED) is 0.0666. The van der Waals surface area contributed by atoms with E-state index in [1.807, 2.05) is 6.08 Å². The Kier molecular flexibility index (Phi) is 20.1. The molecule has 0 aromatic heterocycles. The van der Waals surface area contributed by atoms with Gasteiger partial charge in [-0.2, -0.15) is 0 Å². The normalized spacial score (nSPS) is 13.5. The van der Waals surface area contributed by atoms with Crippen molar-refractivity contribution in [2.45, 2.75) is 70.8 Å². The lowest BCUT2D eigenvalue weighted by Gasteiger charge is -2.08. The van der Waals surface area contributed by atoms with Gasteiger partial charge in [0.15, 0.2) is 0 Å². The summed E-state index contributed by atoms with van der Waals surface area (Å²) >= 11 is 0.115. The number of allylic oxidation sites excluding steroid dienone is 8. The summed E-state index contributed by atoms with van der Waals surface area (Å²) in [5.74, 6) is -2.54. The minimum Gasteiger partial charge on any atom is -0.481 e. The van der Waals surface area contributed by atoms with Gasteiger partial charge in [0.2, 0.25) is 0 Å². The highest BCUT2D eigenvalue weighted by molar-refractivity contribution is 14.2. The monoisotopic (exact) mass is 545 g/mol. The highest BCUT2D eigenvalue weighted by atomic mass is 127. The highest BCUT2D eigenvalue weighted by Gasteiger charge is 2.19. The molecule has 0 aliphatic rings. The average Bonchev–Trinajstić information content (AvgIpc) is 2.74. The van der Waals surface area contributed by atoms with Crippen molar-refractivity contribution in [2.75, 3.05) is 4.43 Å². The number of carboxylic acids is 1. The van der Waals surface area contributed by atoms with Crippen LogP contribution in [0.4, 0.5) is 0 Å². The minimum absolute atomic E-state index is 0.0499. The van der Waals surface area contributed by atoms with Gasteiger partial charge in [-0.1, -0.05) is 59.5 Å². The van der Waals surface area contributed by atoms with Crippen molar-refractivity contribution < 1.29 is 24.2 Å². The Morgan fingerprint density at radius 3 is 2.29 bits per heavy atom. The zero-order chi connectivity index (χ0) is 23.2. The van der Waals surface area contributed by atoms with Crippen LogP contribution in [0.1, 0.15) is 64.7 Å². The first-order valence-corrected chi connectivity index (χ1v) is 13.5. The van der Waals surface area contributed by atoms with Crippen LogP contribution in [0.25, 0.3) is 0 Å². The van der Waals surface area contributed by atoms with Crippen LogP contribution >= 0.6 is 20.7 Å². The van der Waals surface area contributed by atoms with Crippen molar-refractivity contribution >= 4 is 42.7 Å². The van der Waals surface area contributed by atoms with Gasteiger partial charge in [-0.3, -0.25) is 9.59 Å². The first kappa shape index (κ1) is 29.1. The van der Waals surface area contributed by atoms with E-state index in [0.717, 1.165) is 36.5 Å². The summed E-state index contributed by atoms with van der Waals surface area (Å²) in [6.07, 6.45) is 22.4. The van der Waals surface area contributed by atoms with E-state index < -0.39 is 23.9 Å². The third-order valence-corrected chi connectivity index (χ3v) is 6.05. The predicted molar refractivity (Wildman–Crippen MR) is 135 cm³/mol. The second kappa shape index (κ2) is 21.4. The number of esters is 2. The van der Waals surface area contributed by atoms with Crippen LogP contribution in [0.15, 0.2) is 48.6 Å². The molecule has 0 aliphatic carbocycles. The van der Waals surface area contributed by atoms with Crippen LogP contribution in [0.5, 0.6) is 0 Å². The Morgan fingerprint density at radius 1 is 0.935 bits per heavy atom. The number of carboxylic acid groups (broad SMARTS) is 1. The molecule has 1 atom stereocenters. The Hall–Kier alpha value is -1.87. The molecule has 0 radical (unpaired) electrons. The molecular formula is C24H36INO5. The number of alkyl halides is 1. The van der Waals surface area contributed by atoms with Crippen LogP contribution in [0.3, 0.4) is 0 Å². The summed E-state index contributed by atoms with van der Waals surface area (Å²) in [6.45, 7) is 2.14. The summed E-state index contributed by atoms with van der Waals surface area (Å²) in [5, 5.41) is 8.55. The molecule has 0 aromatic carbocycles. The van der Waals surface area contributed by atoms with Gasteiger partial charge < -0.3 is 15.6 Å². The first-order chi connectivity index (χ1) is 15.0. The molecule has 0 spiro atoms. The summed E-state index contributed by atoms with van der Waals surface area (Å²) < 4.78 is 8.17. The van der Waals surface area contributed by atoms with E-state index in [0.29, 0.717) is 6.42 Å². The minimum atomic E-state index is -1.09. The van der Waals surface area contributed by atoms with Crippen molar-refractivity contribution in [2.24, 2.45) is 5.73 Å². The number of carbonyl (C=O) groups excluding carboxylic acids is 2. The zero-order valence-electron chi connectivity index (χ0n) is 18.4. The Morgan fingerprint density at radius 2 is 1.58 bits per heavy atom. The van der Waals surface area contributed by atoms with Crippen LogP contribution in [0, 0.1) is 0 Å². The van der Waals surface area contributed by atoms with E-state index in [-0.39, 0.29) is 40.0 Å². The third kappa shape index (κ3) is 21.2. The number of rotatable bonds is 17. The molecule has 0 aromatic rings. The fourth-order valence-corrected chi connectivity index (χ4v) is 3.88. The lowest BCUT2D eigenvalue weighted by molar-refractivity contribution is -0.160. The lowest BCUT2D eigenvalue weighted by atomic mass is 10.2. The largest absolute Gasteiger partial charge is 0.481 e. The van der Waals surface area contributed by atoms with Gasteiger partial charge in [0.05, 0.1) is 0 Å². The van der Waals surface area contributed by atoms with Gasteiger partial charge in [0.1, 0.15) is 6.04 Å². The highest BCUT2D eigenvalue weighted by Crippen LogP contribution is 2.04. The van der Waals surface area contributed by atoms with Gasteiger partial charge in [-0.25, -0.2) is 4.79 Å². The number of hydrogen-bond donors (Lipinski definition) is 2. The van der Waals surface area contributed by atoms with Gasteiger partial charge in [0, 0.05) is 17.3 Å². The van der Waals surface area contributed by atoms with Gasteiger partial charge in [-0.15, -0.1) is 20.7 Å². The van der Waals surface area contributed by atoms with Crippen LogP contribution < -0.4 is 5.73 Å². The van der Waals surface area contributed by atoms with Gasteiger partial charge in [0.25, 0.3) is 0 Å². The third-order valence-electron chi connectivity index (χ3n) is 3.90. The van der Waals surface area contributed by atoms with Crippen molar-refractivity contribution in [3.05, 3.63) is 48.6 Å². The molecule has 3 N–H and O–H groups in total. The van der Waals surface area contributed by atoms with E-state index >= 15 is 0 Å². The maximum absolute atomic E-state index is 11.6. The van der Waals surface area contributed by atoms with Crippen LogP contribution in [-0.2, 0) is 19.1 Å². The molecule has 0 rings (SSSR count). The number of unbranched alkanes of at least 4 members (excludes halogenated alkanes) is 1. The molecule has 0 heterocycles. The van der Waals surface area contributed by atoms with Crippen LogP contribution in [-0.4, -0.2) is 37.5 Å². The fourth-order valence-electron chi connectivity index (χ4n) is 2.21. The van der Waals surface area contributed by atoms with E-state index in [1.54, 1.807) is 0 Å². The first-order valence-electron chi connectivity index (χ1n) is 10.7. The molecular weight excluding hydrogens is 509 g/mol. The van der Waals surface area contributed by atoms with E-state index in [4.69, 9.17) is 10.8 Å². The average molecular weight is 545 g/mol. The summed E-state index contributed by atoms with van der Waals surface area (Å²) in [5.41, 5.74) is 5.50. The molecule has 1 unspecified atom stereocenters. The number of carbonyl (C=O) groups is 3. The SMILES string of the molecule is CC/C=C\C/C=C\CC=IC/C=C\C/C=C\CCCC(=O)OC(=O)C(N)CCC(=O)O. The molecule has 0 bridgehead atoms. The lowest BCUT2D eigenvalue weighted by Crippen LogP contribution is -2.34. The Labute approximate surface area is 196 Å². The fraction of sp³-hybridized carbons (Fsp3) is 0.500. The molecule has 6 nitrogen and oxygen atoms in total. The molecule has 31 heavy (non-hydrogen) atoms. The molecule has 0 aliphatic heterocycles. The second-order valence-corrected chi connectivity index (χ2v) is 9.33. The summed E-state index contributed by atoms with van der Waals surface area (Å²) in [6, 6.07) is -1.09. The molecule has 0 saturated carbocycles. The number of ether oxygens (including phenoxy) is 1. The Balaban J connectivity index is 3.72. The van der Waals surface area contributed by atoms with E-state index in [2.05, 4.69) is 58.2 Å². The topological polar surface area (TPSA) is 107 Å². The molecule has 0 amide bonds. The van der Waals surface area contributed by atoms with Crippen molar-refractivity contribution in [3.8, 4) is 0 Å². The number of nitrogens with two attached hydrogens (primary N) is 1. The second-order valence-electron chi connectivity index (χ2n) is 6.69. The molecule has 7 heteroatoms. The van der Waals surface area contributed by atoms with Crippen molar-refractivity contribution in [1.29, 1.82) is 0 Å². The van der Waals surface area contributed by atoms with Gasteiger partial charge in [-0.05, 0) is 44.9 Å². The number of aliphatic carboxylic acids is 1.